The van der Waals surface area contributed by atoms with E-state index in [0.29, 0.717) is 11.7 Å². The van der Waals surface area contributed by atoms with Gasteiger partial charge in [-0.15, -0.1) is 0 Å². The smallest absolute Gasteiger partial charge is 0.306 e. The molecule has 0 amide bonds. The van der Waals surface area contributed by atoms with E-state index in [2.05, 4.69) is 65.0 Å². The van der Waals surface area contributed by atoms with Crippen LogP contribution in [-0.2, 0) is 22.0 Å². The number of hydrogen-bond donors (Lipinski definition) is 1. The van der Waals surface area contributed by atoms with Gasteiger partial charge in [0.1, 0.15) is 5.75 Å². The molecule has 0 radical (unpaired) electrons. The molecule has 0 saturated carbocycles. The molecule has 0 heterocycles. The van der Waals surface area contributed by atoms with Crippen LogP contribution in [0.3, 0.4) is 0 Å². The topological polar surface area (TPSA) is 63.6 Å². The lowest BCUT2D eigenvalue weighted by atomic mass is 9.70. The zero-order valence-electron chi connectivity index (χ0n) is 21.4. The second-order valence-corrected chi connectivity index (χ2v) is 11.3. The zero-order valence-corrected chi connectivity index (χ0v) is 22.3. The van der Waals surface area contributed by atoms with Gasteiger partial charge >= 0.3 is 10.1 Å². The average Bonchev–Trinajstić information content (AvgIpc) is 2.76. The average molecular weight is 475 g/mol. The van der Waals surface area contributed by atoms with E-state index in [1.807, 2.05) is 13.0 Å². The maximum atomic E-state index is 11.6. The predicted octanol–water partition coefficient (Wildman–Crippen LogP) is 6.56. The number of hydrogen-bond acceptors (Lipinski definition) is 4. The van der Waals surface area contributed by atoms with Crippen molar-refractivity contribution in [3.8, 4) is 5.75 Å². The van der Waals surface area contributed by atoms with Gasteiger partial charge in [0, 0.05) is 5.41 Å². The number of benzene rings is 2. The Labute approximate surface area is 201 Å². The molecule has 1 unspecified atom stereocenters. The van der Waals surface area contributed by atoms with E-state index < -0.39 is 15.7 Å². The Morgan fingerprint density at radius 1 is 0.909 bits per heavy atom. The summed E-state index contributed by atoms with van der Waals surface area (Å²) in [5.74, 6) is 0.790. The van der Waals surface area contributed by atoms with Crippen molar-refractivity contribution in [1.29, 1.82) is 0 Å². The molecule has 2 aromatic rings. The van der Waals surface area contributed by atoms with Crippen molar-refractivity contribution in [2.24, 2.45) is 5.92 Å². The summed E-state index contributed by atoms with van der Waals surface area (Å²) >= 11 is 0. The molecule has 2 rings (SSSR count). The first kappa shape index (κ1) is 27.4. The van der Waals surface area contributed by atoms with Crippen LogP contribution >= 0.6 is 0 Å². The Balaban J connectivity index is 2.29. The van der Waals surface area contributed by atoms with Crippen LogP contribution in [0.25, 0.3) is 0 Å². The number of aliphatic hydroxyl groups is 1. The van der Waals surface area contributed by atoms with Gasteiger partial charge in [-0.25, -0.2) is 0 Å². The second kappa shape index (κ2) is 11.1. The van der Waals surface area contributed by atoms with Gasteiger partial charge < -0.3 is 9.29 Å². The van der Waals surface area contributed by atoms with Gasteiger partial charge in [0.25, 0.3) is 0 Å². The van der Waals surface area contributed by atoms with E-state index >= 15 is 0 Å². The minimum Gasteiger partial charge on any atom is -0.390 e. The first-order valence-corrected chi connectivity index (χ1v) is 14.1. The summed E-state index contributed by atoms with van der Waals surface area (Å²) in [7, 11) is -3.56. The Bertz CT molecular complexity index is 1000. The molecule has 0 aliphatic rings. The summed E-state index contributed by atoms with van der Waals surface area (Å²) in [6, 6.07) is 14.7. The fourth-order valence-electron chi connectivity index (χ4n) is 5.06. The minimum absolute atomic E-state index is 0.150. The van der Waals surface area contributed by atoms with E-state index in [-0.39, 0.29) is 5.41 Å². The predicted molar refractivity (Wildman–Crippen MR) is 137 cm³/mol. The quantitative estimate of drug-likeness (QED) is 0.354. The molecule has 0 aliphatic carbocycles. The van der Waals surface area contributed by atoms with Crippen LogP contribution in [0.2, 0.25) is 0 Å². The second-order valence-electron chi connectivity index (χ2n) is 9.70. The lowest BCUT2D eigenvalue weighted by Crippen LogP contribution is -2.29. The molecule has 184 valence electrons. The molecule has 5 heteroatoms. The normalized spacial score (nSPS) is 13.7. The van der Waals surface area contributed by atoms with Gasteiger partial charge in [0.05, 0.1) is 11.9 Å². The summed E-state index contributed by atoms with van der Waals surface area (Å²) in [6.45, 7) is 12.6. The van der Waals surface area contributed by atoms with Crippen LogP contribution < -0.4 is 4.18 Å². The fraction of sp³-hybridized carbons (Fsp3) is 0.571. The van der Waals surface area contributed by atoms with Crippen molar-refractivity contribution < 1.29 is 17.7 Å². The largest absolute Gasteiger partial charge is 0.390 e. The summed E-state index contributed by atoms with van der Waals surface area (Å²) in [5.41, 5.74) is 3.82. The molecule has 0 spiro atoms. The first-order valence-electron chi connectivity index (χ1n) is 12.2. The van der Waals surface area contributed by atoms with E-state index in [4.69, 9.17) is 4.18 Å². The molecule has 0 fully saturated rings. The van der Waals surface area contributed by atoms with Gasteiger partial charge in [0.15, 0.2) is 0 Å². The van der Waals surface area contributed by atoms with Crippen molar-refractivity contribution in [3.63, 3.8) is 0 Å². The van der Waals surface area contributed by atoms with Gasteiger partial charge in [-0.2, -0.15) is 8.42 Å². The van der Waals surface area contributed by atoms with Crippen LogP contribution in [0.1, 0.15) is 89.0 Å². The zero-order chi connectivity index (χ0) is 24.9. The molecule has 1 N–H and O–H groups in total. The van der Waals surface area contributed by atoms with Crippen LogP contribution in [0.5, 0.6) is 5.75 Å². The highest BCUT2D eigenvalue weighted by molar-refractivity contribution is 7.86. The molecule has 33 heavy (non-hydrogen) atoms. The fourth-order valence-corrected chi connectivity index (χ4v) is 5.57. The van der Waals surface area contributed by atoms with E-state index in [1.54, 1.807) is 6.07 Å². The van der Waals surface area contributed by atoms with Gasteiger partial charge in [-0.05, 0) is 79.7 Å². The van der Waals surface area contributed by atoms with Crippen LogP contribution in [0.15, 0.2) is 42.5 Å². The Morgan fingerprint density at radius 3 is 1.91 bits per heavy atom. The van der Waals surface area contributed by atoms with Gasteiger partial charge in [-0.1, -0.05) is 71.0 Å². The summed E-state index contributed by atoms with van der Waals surface area (Å²) in [6.07, 6.45) is 6.28. The molecule has 2 aromatic carbocycles. The molecule has 0 aromatic heterocycles. The highest BCUT2D eigenvalue weighted by Gasteiger charge is 2.31. The summed E-state index contributed by atoms with van der Waals surface area (Å²) in [4.78, 5) is 0. The Morgan fingerprint density at radius 2 is 1.45 bits per heavy atom. The molecular formula is C28H42O4S. The third kappa shape index (κ3) is 6.83. The van der Waals surface area contributed by atoms with Crippen molar-refractivity contribution in [1.82, 2.24) is 0 Å². The Kier molecular flexibility index (Phi) is 9.17. The minimum atomic E-state index is -3.56. The molecule has 0 bridgehead atoms. The van der Waals surface area contributed by atoms with Crippen molar-refractivity contribution in [2.45, 2.75) is 91.1 Å². The van der Waals surface area contributed by atoms with Crippen LogP contribution in [0.4, 0.5) is 0 Å². The SMILES string of the molecule is CCC(O)(CC)CC(C)Cc1ccc(C(CC)(CC)c2ccc(OS(C)(=O)=O)c(C)c2)cc1. The van der Waals surface area contributed by atoms with Gasteiger partial charge in [-0.3, -0.25) is 0 Å². The third-order valence-corrected chi connectivity index (χ3v) is 7.79. The standard InChI is InChI=1S/C28H42O4S/c1-8-27(29,9-2)20-21(5)18-23-12-14-24(15-13-23)28(10-3,11-4)25-16-17-26(22(6)19-25)32-33(7,30)31/h12-17,19,21,29H,8-11,18,20H2,1-7H3. The monoisotopic (exact) mass is 474 g/mol. The van der Waals surface area contributed by atoms with E-state index in [9.17, 15) is 13.5 Å². The number of aryl methyl sites for hydroxylation is 1. The van der Waals surface area contributed by atoms with Crippen molar-refractivity contribution in [2.75, 3.05) is 6.26 Å². The van der Waals surface area contributed by atoms with Crippen molar-refractivity contribution in [3.05, 3.63) is 64.7 Å². The first-order chi connectivity index (χ1) is 15.4. The summed E-state index contributed by atoms with van der Waals surface area (Å²) < 4.78 is 28.2. The van der Waals surface area contributed by atoms with Crippen LogP contribution in [-0.4, -0.2) is 25.4 Å². The molecule has 1 atom stereocenters. The van der Waals surface area contributed by atoms with E-state index in [1.165, 1.54) is 16.7 Å². The lowest BCUT2D eigenvalue weighted by molar-refractivity contribution is 0.0101. The maximum absolute atomic E-state index is 11.6. The number of rotatable bonds is 12. The van der Waals surface area contributed by atoms with Crippen LogP contribution in [0, 0.1) is 12.8 Å². The highest BCUT2D eigenvalue weighted by Crippen LogP contribution is 2.40. The lowest BCUT2D eigenvalue weighted by Gasteiger charge is -2.34. The molecule has 4 nitrogen and oxygen atoms in total. The van der Waals surface area contributed by atoms with E-state index in [0.717, 1.165) is 50.3 Å². The Hall–Kier alpha value is -1.85. The highest BCUT2D eigenvalue weighted by atomic mass is 32.2. The van der Waals surface area contributed by atoms with Crippen molar-refractivity contribution >= 4 is 10.1 Å². The maximum Gasteiger partial charge on any atom is 0.306 e. The molecular weight excluding hydrogens is 432 g/mol. The van der Waals surface area contributed by atoms with Gasteiger partial charge in [0.2, 0.25) is 0 Å². The molecule has 0 aliphatic heterocycles. The third-order valence-electron chi connectivity index (χ3n) is 7.31. The summed E-state index contributed by atoms with van der Waals surface area (Å²) in [5, 5.41) is 10.7. The molecule has 0 saturated heterocycles.